The molecule has 7 heteroatoms. The summed E-state index contributed by atoms with van der Waals surface area (Å²) in [6.07, 6.45) is 0. The molecule has 0 bridgehead atoms. The van der Waals surface area contributed by atoms with Crippen molar-refractivity contribution in [1.29, 1.82) is 0 Å². The number of hydrogen-bond donors (Lipinski definition) is 1. The summed E-state index contributed by atoms with van der Waals surface area (Å²) in [4.78, 5) is 42.1. The highest BCUT2D eigenvalue weighted by Crippen LogP contribution is 2.31. The van der Waals surface area contributed by atoms with Gasteiger partial charge in [-0.15, -0.1) is 0 Å². The molecule has 0 atom stereocenters. The lowest BCUT2D eigenvalue weighted by atomic mass is 10.1. The van der Waals surface area contributed by atoms with Crippen molar-refractivity contribution in [2.75, 3.05) is 21.7 Å². The van der Waals surface area contributed by atoms with Gasteiger partial charge in [0, 0.05) is 23.5 Å². The molecule has 0 aromatic heterocycles. The lowest BCUT2D eigenvalue weighted by Gasteiger charge is -2.22. The molecule has 1 N–H and O–H groups in total. The van der Waals surface area contributed by atoms with Crippen LogP contribution < -0.4 is 15.1 Å². The fraction of sp³-hybridized carbons (Fsp3) is 0.179. The molecule has 178 valence electrons. The molecule has 1 heterocycles. The van der Waals surface area contributed by atoms with Crippen LogP contribution in [0.4, 0.5) is 17.1 Å². The van der Waals surface area contributed by atoms with E-state index in [1.54, 1.807) is 41.3 Å². The molecule has 1 aliphatic heterocycles. The first-order valence-corrected chi connectivity index (χ1v) is 11.7. The van der Waals surface area contributed by atoms with Crippen LogP contribution >= 0.6 is 11.6 Å². The number of anilines is 3. The van der Waals surface area contributed by atoms with Crippen molar-refractivity contribution in [3.63, 3.8) is 0 Å². The Morgan fingerprint density at radius 3 is 2.23 bits per heavy atom. The number of carbonyl (C=O) groups excluding carboxylic acids is 3. The lowest BCUT2D eigenvalue weighted by molar-refractivity contribution is -0.120. The molecule has 3 aromatic carbocycles. The van der Waals surface area contributed by atoms with Crippen molar-refractivity contribution in [2.24, 2.45) is 0 Å². The van der Waals surface area contributed by atoms with Crippen LogP contribution in [0.1, 0.15) is 34.0 Å². The lowest BCUT2D eigenvalue weighted by Crippen LogP contribution is -2.32. The number of carbonyl (C=O) groups is 3. The molecule has 0 fully saturated rings. The molecule has 35 heavy (non-hydrogen) atoms. The largest absolute Gasteiger partial charge is 0.350 e. The predicted octanol–water partition coefficient (Wildman–Crippen LogP) is 5.71. The van der Waals surface area contributed by atoms with E-state index in [1.165, 1.54) is 0 Å². The molecule has 0 spiro atoms. The molecule has 6 nitrogen and oxygen atoms in total. The van der Waals surface area contributed by atoms with Crippen LogP contribution in [0, 0.1) is 20.8 Å². The van der Waals surface area contributed by atoms with Gasteiger partial charge < -0.3 is 10.2 Å². The van der Waals surface area contributed by atoms with Crippen LogP contribution in [-0.2, 0) is 9.59 Å². The summed E-state index contributed by atoms with van der Waals surface area (Å²) in [6.45, 7) is 8.18. The quantitative estimate of drug-likeness (QED) is 0.452. The third-order valence-corrected chi connectivity index (χ3v) is 6.10. The number of aryl methyl sites for hydroxylation is 3. The fourth-order valence-electron chi connectivity index (χ4n) is 4.20. The van der Waals surface area contributed by atoms with Gasteiger partial charge in [0.2, 0.25) is 0 Å². The Morgan fingerprint density at radius 2 is 1.57 bits per heavy atom. The molecular formula is C28H26ClN3O3. The van der Waals surface area contributed by atoms with Crippen molar-refractivity contribution in [2.45, 2.75) is 27.7 Å². The van der Waals surface area contributed by atoms with Crippen LogP contribution in [0.3, 0.4) is 0 Å². The van der Waals surface area contributed by atoms with Crippen molar-refractivity contribution in [1.82, 2.24) is 0 Å². The second-order valence-corrected chi connectivity index (χ2v) is 8.95. The minimum Gasteiger partial charge on any atom is -0.350 e. The van der Waals surface area contributed by atoms with Gasteiger partial charge in [-0.2, -0.15) is 0 Å². The Morgan fingerprint density at radius 1 is 0.886 bits per heavy atom. The van der Waals surface area contributed by atoms with Crippen molar-refractivity contribution in [3.8, 4) is 0 Å². The maximum Gasteiger partial charge on any atom is 0.283 e. The zero-order valence-electron chi connectivity index (χ0n) is 20.1. The topological polar surface area (TPSA) is 69.7 Å². The molecule has 0 saturated heterocycles. The van der Waals surface area contributed by atoms with Gasteiger partial charge in [0.15, 0.2) is 0 Å². The fourth-order valence-corrected chi connectivity index (χ4v) is 4.41. The number of imide groups is 1. The highest BCUT2D eigenvalue weighted by molar-refractivity contribution is 6.53. The number of hydrogen-bond acceptors (Lipinski definition) is 4. The Kier molecular flexibility index (Phi) is 6.76. The number of nitrogens with zero attached hydrogens (tertiary/aromatic N) is 2. The maximum atomic E-state index is 13.3. The van der Waals surface area contributed by atoms with Gasteiger partial charge >= 0.3 is 0 Å². The summed E-state index contributed by atoms with van der Waals surface area (Å²) in [7, 11) is 0. The standard InChI is InChI=1S/C28H26ClN3O3/c1-5-31(22-11-6-8-17(2)13-22)26(33)20-9-7-10-21(16-20)30-25-24(29)27(34)32(28(25)35)23-14-18(3)12-19(4)15-23/h6-16,30H,5H2,1-4H3. The van der Waals surface area contributed by atoms with Gasteiger partial charge in [0.1, 0.15) is 10.7 Å². The van der Waals surface area contributed by atoms with Gasteiger partial charge in [-0.25, -0.2) is 4.90 Å². The molecule has 3 amide bonds. The number of nitrogens with one attached hydrogen (secondary N) is 1. The van der Waals surface area contributed by atoms with Crippen molar-refractivity contribution < 1.29 is 14.4 Å². The monoisotopic (exact) mass is 487 g/mol. The van der Waals surface area contributed by atoms with E-state index in [0.717, 1.165) is 27.3 Å². The Bertz CT molecular complexity index is 1360. The number of halogens is 1. The second kappa shape index (κ2) is 9.76. The second-order valence-electron chi connectivity index (χ2n) is 8.57. The van der Waals surface area contributed by atoms with Crippen LogP contribution in [0.15, 0.2) is 77.5 Å². The number of rotatable bonds is 6. The van der Waals surface area contributed by atoms with E-state index >= 15 is 0 Å². The highest BCUT2D eigenvalue weighted by Gasteiger charge is 2.39. The molecule has 0 radical (unpaired) electrons. The molecule has 4 rings (SSSR count). The molecule has 0 unspecified atom stereocenters. The first-order chi connectivity index (χ1) is 16.7. The minimum absolute atomic E-state index is 0.0218. The normalized spacial score (nSPS) is 13.5. The zero-order chi connectivity index (χ0) is 25.3. The Hall–Kier alpha value is -3.90. The SMILES string of the molecule is CCN(C(=O)c1cccc(NC2=C(Cl)C(=O)N(c3cc(C)cc(C)c3)C2=O)c1)c1cccc(C)c1. The summed E-state index contributed by atoms with van der Waals surface area (Å²) < 4.78 is 0. The first-order valence-electron chi connectivity index (χ1n) is 11.3. The molecule has 0 saturated carbocycles. The number of amides is 3. The van der Waals surface area contributed by atoms with E-state index in [0.29, 0.717) is 23.5 Å². The van der Waals surface area contributed by atoms with E-state index in [2.05, 4.69) is 5.32 Å². The molecular weight excluding hydrogens is 462 g/mol. The van der Waals surface area contributed by atoms with Crippen LogP contribution in [-0.4, -0.2) is 24.3 Å². The van der Waals surface area contributed by atoms with E-state index in [-0.39, 0.29) is 16.6 Å². The first kappa shape index (κ1) is 24.2. The number of benzene rings is 3. The Balaban J connectivity index is 1.60. The van der Waals surface area contributed by atoms with Gasteiger partial charge in [0.05, 0.1) is 5.69 Å². The molecule has 3 aromatic rings. The minimum atomic E-state index is -0.590. The summed E-state index contributed by atoms with van der Waals surface area (Å²) in [5.74, 6) is -1.31. The van der Waals surface area contributed by atoms with E-state index in [4.69, 9.17) is 11.6 Å². The van der Waals surface area contributed by atoms with Crippen molar-refractivity contribution >= 4 is 46.4 Å². The summed E-state index contributed by atoms with van der Waals surface area (Å²) in [5.41, 5.74) is 5.09. The average Bonchev–Trinajstić information content (AvgIpc) is 3.02. The van der Waals surface area contributed by atoms with Crippen LogP contribution in [0.25, 0.3) is 0 Å². The zero-order valence-corrected chi connectivity index (χ0v) is 20.8. The van der Waals surface area contributed by atoms with Gasteiger partial charge in [0.25, 0.3) is 17.7 Å². The van der Waals surface area contributed by atoms with Crippen LogP contribution in [0.2, 0.25) is 0 Å². The third kappa shape index (κ3) is 4.84. The van der Waals surface area contributed by atoms with E-state index in [9.17, 15) is 14.4 Å². The van der Waals surface area contributed by atoms with Gasteiger partial charge in [-0.05, 0) is 86.8 Å². The third-order valence-electron chi connectivity index (χ3n) is 5.75. The van der Waals surface area contributed by atoms with E-state index in [1.807, 2.05) is 58.0 Å². The van der Waals surface area contributed by atoms with Gasteiger partial charge in [-0.3, -0.25) is 14.4 Å². The summed E-state index contributed by atoms with van der Waals surface area (Å²) in [6, 6.07) is 20.0. The van der Waals surface area contributed by atoms with Crippen LogP contribution in [0.5, 0.6) is 0 Å². The van der Waals surface area contributed by atoms with Gasteiger partial charge in [-0.1, -0.05) is 35.9 Å². The van der Waals surface area contributed by atoms with E-state index < -0.39 is 11.8 Å². The predicted molar refractivity (Wildman–Crippen MR) is 140 cm³/mol. The smallest absolute Gasteiger partial charge is 0.283 e. The average molecular weight is 488 g/mol. The maximum absolute atomic E-state index is 13.3. The summed E-state index contributed by atoms with van der Waals surface area (Å²) >= 11 is 6.30. The van der Waals surface area contributed by atoms with Crippen molar-refractivity contribution in [3.05, 3.63) is 99.7 Å². The molecule has 1 aliphatic rings. The molecule has 0 aliphatic carbocycles. The Labute approximate surface area is 209 Å². The highest BCUT2D eigenvalue weighted by atomic mass is 35.5. The summed E-state index contributed by atoms with van der Waals surface area (Å²) in [5, 5.41) is 2.77.